The second kappa shape index (κ2) is 7.50. The lowest BCUT2D eigenvalue weighted by atomic mass is 10.0. The van der Waals surface area contributed by atoms with Crippen molar-refractivity contribution in [2.75, 3.05) is 13.2 Å². The normalized spacial score (nSPS) is 27.2. The van der Waals surface area contributed by atoms with Crippen LogP contribution in [-0.4, -0.2) is 63.8 Å². The number of imide groups is 1. The number of benzene rings is 1. The van der Waals surface area contributed by atoms with E-state index in [-0.39, 0.29) is 18.2 Å². The van der Waals surface area contributed by atoms with Gasteiger partial charge in [-0.05, 0) is 48.2 Å². The summed E-state index contributed by atoms with van der Waals surface area (Å²) < 4.78 is 5.70. The zero-order valence-corrected chi connectivity index (χ0v) is 17.6. The van der Waals surface area contributed by atoms with Crippen molar-refractivity contribution >= 4 is 17.7 Å². The van der Waals surface area contributed by atoms with Crippen molar-refractivity contribution in [3.8, 4) is 11.3 Å². The number of carbonyl (C=O) groups excluding carboxylic acids is 3. The molecule has 2 bridgehead atoms. The van der Waals surface area contributed by atoms with E-state index < -0.39 is 11.9 Å². The molecule has 0 radical (unpaired) electrons. The zero-order valence-electron chi connectivity index (χ0n) is 17.6. The molecule has 3 saturated heterocycles. The minimum absolute atomic E-state index is 0.158. The molecule has 6 rings (SSSR count). The fourth-order valence-electron chi connectivity index (χ4n) is 5.37. The first-order chi connectivity index (χ1) is 15.5. The molecule has 0 saturated carbocycles. The molecule has 4 aliphatic heterocycles. The Balaban J connectivity index is 1.21. The number of nitrogens with one attached hydrogen (secondary N) is 1. The van der Waals surface area contributed by atoms with E-state index in [0.717, 1.165) is 42.9 Å². The lowest BCUT2D eigenvalue weighted by molar-refractivity contribution is -0.136. The summed E-state index contributed by atoms with van der Waals surface area (Å²) in [6.45, 7) is 3.06. The molecule has 3 unspecified atom stereocenters. The quantitative estimate of drug-likeness (QED) is 0.736. The predicted octanol–water partition coefficient (Wildman–Crippen LogP) is 1.48. The molecule has 2 aromatic rings. The van der Waals surface area contributed by atoms with Gasteiger partial charge in [-0.2, -0.15) is 0 Å². The third kappa shape index (κ3) is 3.30. The van der Waals surface area contributed by atoms with Gasteiger partial charge in [0.05, 0.1) is 18.4 Å². The summed E-state index contributed by atoms with van der Waals surface area (Å²) in [7, 11) is 0. The molecule has 32 heavy (non-hydrogen) atoms. The van der Waals surface area contributed by atoms with Crippen LogP contribution in [0.5, 0.6) is 0 Å². The molecule has 3 amide bonds. The van der Waals surface area contributed by atoms with Crippen molar-refractivity contribution in [3.63, 3.8) is 0 Å². The number of piperidine rings is 1. The monoisotopic (exact) mass is 432 g/mol. The average molecular weight is 432 g/mol. The van der Waals surface area contributed by atoms with Gasteiger partial charge >= 0.3 is 0 Å². The molecule has 4 aliphatic rings. The molecule has 5 heterocycles. The molecule has 8 nitrogen and oxygen atoms in total. The van der Waals surface area contributed by atoms with Crippen molar-refractivity contribution in [2.45, 2.75) is 50.5 Å². The lowest BCUT2D eigenvalue weighted by Gasteiger charge is -2.29. The summed E-state index contributed by atoms with van der Waals surface area (Å²) >= 11 is 0. The topological polar surface area (TPSA) is 91.8 Å². The lowest BCUT2D eigenvalue weighted by Crippen LogP contribution is -2.52. The number of rotatable bonds is 4. The van der Waals surface area contributed by atoms with Gasteiger partial charge in [0.1, 0.15) is 6.04 Å². The SMILES string of the molecule is O=C1CCC(N2Cc3cc(-c4cc(CN5CC6CC5CO6)ccn4)ccc3C2=O)C(=O)N1. The van der Waals surface area contributed by atoms with E-state index >= 15 is 0 Å². The number of carbonyl (C=O) groups is 3. The summed E-state index contributed by atoms with van der Waals surface area (Å²) in [4.78, 5) is 45.2. The Hall–Kier alpha value is -3.10. The first kappa shape index (κ1) is 19.6. The van der Waals surface area contributed by atoms with Gasteiger partial charge < -0.3 is 9.64 Å². The van der Waals surface area contributed by atoms with E-state index in [9.17, 15) is 14.4 Å². The fourth-order valence-corrected chi connectivity index (χ4v) is 5.37. The number of ether oxygens (including phenoxy) is 1. The fraction of sp³-hybridized carbons (Fsp3) is 0.417. The van der Waals surface area contributed by atoms with Gasteiger partial charge in [-0.15, -0.1) is 0 Å². The maximum atomic E-state index is 12.9. The van der Waals surface area contributed by atoms with Crippen LogP contribution in [0.3, 0.4) is 0 Å². The second-order valence-corrected chi connectivity index (χ2v) is 9.10. The maximum absolute atomic E-state index is 12.9. The van der Waals surface area contributed by atoms with Crippen LogP contribution >= 0.6 is 0 Å². The summed E-state index contributed by atoms with van der Waals surface area (Å²) in [5.41, 5.74) is 4.54. The Morgan fingerprint density at radius 2 is 2.06 bits per heavy atom. The van der Waals surface area contributed by atoms with Crippen LogP contribution in [0.4, 0.5) is 0 Å². The highest BCUT2D eigenvalue weighted by Crippen LogP contribution is 2.32. The van der Waals surface area contributed by atoms with Gasteiger partial charge in [0.15, 0.2) is 0 Å². The van der Waals surface area contributed by atoms with Gasteiger partial charge in [-0.25, -0.2) is 0 Å². The van der Waals surface area contributed by atoms with Crippen molar-refractivity contribution in [3.05, 3.63) is 53.2 Å². The number of morpholine rings is 1. The maximum Gasteiger partial charge on any atom is 0.255 e. The minimum Gasteiger partial charge on any atom is -0.375 e. The molecular formula is C24H24N4O4. The molecule has 0 spiro atoms. The van der Waals surface area contributed by atoms with Crippen LogP contribution in [0.25, 0.3) is 11.3 Å². The van der Waals surface area contributed by atoms with E-state index in [2.05, 4.69) is 27.3 Å². The van der Waals surface area contributed by atoms with E-state index in [4.69, 9.17) is 4.74 Å². The van der Waals surface area contributed by atoms with E-state index in [1.165, 1.54) is 5.56 Å². The third-order valence-electron chi connectivity index (χ3n) is 7.04. The average Bonchev–Trinajstić information content (AvgIpc) is 3.49. The van der Waals surface area contributed by atoms with Crippen LogP contribution < -0.4 is 5.32 Å². The highest BCUT2D eigenvalue weighted by atomic mass is 16.5. The van der Waals surface area contributed by atoms with Crippen LogP contribution in [0.15, 0.2) is 36.5 Å². The highest BCUT2D eigenvalue weighted by Gasteiger charge is 2.40. The molecule has 8 heteroatoms. The second-order valence-electron chi connectivity index (χ2n) is 9.10. The Morgan fingerprint density at radius 3 is 2.84 bits per heavy atom. The smallest absolute Gasteiger partial charge is 0.255 e. The van der Waals surface area contributed by atoms with Crippen LogP contribution in [0.1, 0.15) is 40.7 Å². The van der Waals surface area contributed by atoms with E-state index in [1.54, 1.807) is 4.90 Å². The summed E-state index contributed by atoms with van der Waals surface area (Å²) in [6, 6.07) is 9.82. The standard InChI is InChI=1S/C24H24N4O4/c29-22-4-3-21(23(30)26-22)28-11-16-8-15(1-2-19(16)24(28)31)20-7-14(5-6-25-20)10-27-12-18-9-17(27)13-32-18/h1-2,5-8,17-18,21H,3-4,9-13H2,(H,26,29,30). The van der Waals surface area contributed by atoms with Crippen molar-refractivity contribution in [1.29, 1.82) is 0 Å². The van der Waals surface area contributed by atoms with E-state index in [0.29, 0.717) is 30.7 Å². The Morgan fingerprint density at radius 1 is 1.16 bits per heavy atom. The molecule has 3 fully saturated rings. The molecule has 3 atom stereocenters. The number of amides is 3. The predicted molar refractivity (Wildman–Crippen MR) is 114 cm³/mol. The first-order valence-corrected chi connectivity index (χ1v) is 11.1. The molecule has 1 aromatic carbocycles. The summed E-state index contributed by atoms with van der Waals surface area (Å²) in [5.74, 6) is -0.829. The van der Waals surface area contributed by atoms with Gasteiger partial charge in [-0.3, -0.25) is 29.6 Å². The van der Waals surface area contributed by atoms with Gasteiger partial charge in [0, 0.05) is 49.4 Å². The summed E-state index contributed by atoms with van der Waals surface area (Å²) in [6.07, 6.45) is 3.96. The number of hydrogen-bond donors (Lipinski definition) is 1. The van der Waals surface area contributed by atoms with Crippen molar-refractivity contribution in [1.82, 2.24) is 20.1 Å². The largest absolute Gasteiger partial charge is 0.375 e. The number of fused-ring (bicyclic) bond motifs is 3. The van der Waals surface area contributed by atoms with Gasteiger partial charge in [0.2, 0.25) is 11.8 Å². The number of hydrogen-bond acceptors (Lipinski definition) is 6. The van der Waals surface area contributed by atoms with Crippen LogP contribution in [0, 0.1) is 0 Å². The number of nitrogens with zero attached hydrogens (tertiary/aromatic N) is 3. The molecule has 1 N–H and O–H groups in total. The zero-order chi connectivity index (χ0) is 21.8. The Labute approximate surface area is 185 Å². The van der Waals surface area contributed by atoms with Crippen molar-refractivity contribution < 1.29 is 19.1 Å². The van der Waals surface area contributed by atoms with Crippen LogP contribution in [0.2, 0.25) is 0 Å². The minimum atomic E-state index is -0.600. The van der Waals surface area contributed by atoms with Crippen LogP contribution in [-0.2, 0) is 27.4 Å². The highest BCUT2D eigenvalue weighted by molar-refractivity contribution is 6.05. The Bertz CT molecular complexity index is 1130. The Kier molecular flexibility index (Phi) is 4.58. The van der Waals surface area contributed by atoms with Crippen molar-refractivity contribution in [2.24, 2.45) is 0 Å². The molecule has 164 valence electrons. The number of aromatic nitrogens is 1. The molecular weight excluding hydrogens is 408 g/mol. The van der Waals surface area contributed by atoms with E-state index in [1.807, 2.05) is 24.4 Å². The third-order valence-corrected chi connectivity index (χ3v) is 7.04. The number of likely N-dealkylation sites (tertiary alicyclic amines) is 1. The summed E-state index contributed by atoms with van der Waals surface area (Å²) in [5, 5.41) is 2.34. The number of pyridine rings is 1. The molecule has 0 aliphatic carbocycles. The van der Waals surface area contributed by atoms with Gasteiger partial charge in [0.25, 0.3) is 5.91 Å². The first-order valence-electron chi connectivity index (χ1n) is 11.1. The molecule has 1 aromatic heterocycles. The van der Waals surface area contributed by atoms with Gasteiger partial charge in [-0.1, -0.05) is 6.07 Å².